The van der Waals surface area contributed by atoms with E-state index in [0.717, 1.165) is 37.5 Å². The minimum atomic E-state index is -0.355. The van der Waals surface area contributed by atoms with Crippen LogP contribution in [0, 0.1) is 22.7 Å². The summed E-state index contributed by atoms with van der Waals surface area (Å²) < 4.78 is 5.19. The smallest absolute Gasteiger partial charge is 0.146 e. The van der Waals surface area contributed by atoms with Crippen LogP contribution in [0.25, 0.3) is 0 Å². The summed E-state index contributed by atoms with van der Waals surface area (Å²) in [5.74, 6) is 0.670. The average molecular weight is 316 g/mol. The van der Waals surface area contributed by atoms with Gasteiger partial charge in [0.2, 0.25) is 0 Å². The van der Waals surface area contributed by atoms with Gasteiger partial charge in [0, 0.05) is 5.41 Å². The molecule has 1 aromatic rings. The summed E-state index contributed by atoms with van der Waals surface area (Å²) in [6.07, 6.45) is 11.0. The van der Waals surface area contributed by atoms with Crippen molar-refractivity contribution in [3.05, 3.63) is 35.8 Å². The van der Waals surface area contributed by atoms with Gasteiger partial charge in [0.15, 0.2) is 0 Å². The second-order valence-electron chi connectivity index (χ2n) is 8.02. The van der Waals surface area contributed by atoms with E-state index in [9.17, 15) is 9.90 Å². The van der Waals surface area contributed by atoms with Gasteiger partial charge in [-0.15, -0.1) is 0 Å². The number of allylic oxidation sites excluding steroid dienone is 2. The lowest BCUT2D eigenvalue weighted by molar-refractivity contribution is -0.124. The monoisotopic (exact) mass is 316 g/mol. The van der Waals surface area contributed by atoms with Gasteiger partial charge in [-0.2, -0.15) is 0 Å². The van der Waals surface area contributed by atoms with Crippen molar-refractivity contribution in [2.75, 3.05) is 0 Å². The molecule has 5 unspecified atom stereocenters. The Kier molecular flexibility index (Phi) is 4.26. The Morgan fingerprint density at radius 2 is 2.22 bits per heavy atom. The van der Waals surface area contributed by atoms with Crippen molar-refractivity contribution in [1.82, 2.24) is 0 Å². The van der Waals surface area contributed by atoms with Crippen LogP contribution in [0.4, 0.5) is 0 Å². The van der Waals surface area contributed by atoms with Crippen molar-refractivity contribution >= 4 is 6.29 Å². The molecule has 23 heavy (non-hydrogen) atoms. The van der Waals surface area contributed by atoms with Gasteiger partial charge in [-0.25, -0.2) is 0 Å². The Bertz CT molecular complexity index is 588. The number of aliphatic hydroxyl groups excluding tert-OH is 1. The number of aldehydes is 1. The third kappa shape index (κ3) is 2.59. The van der Waals surface area contributed by atoms with Crippen LogP contribution in [0.3, 0.4) is 0 Å². The molecule has 0 aliphatic heterocycles. The molecule has 0 bridgehead atoms. The lowest BCUT2D eigenvalue weighted by Crippen LogP contribution is -2.55. The highest BCUT2D eigenvalue weighted by Crippen LogP contribution is 2.61. The van der Waals surface area contributed by atoms with E-state index in [2.05, 4.69) is 26.8 Å². The highest BCUT2D eigenvalue weighted by Gasteiger charge is 2.56. The summed E-state index contributed by atoms with van der Waals surface area (Å²) in [5.41, 5.74) is 1.93. The third-order valence-corrected chi connectivity index (χ3v) is 6.95. The van der Waals surface area contributed by atoms with Crippen LogP contribution in [0.2, 0.25) is 0 Å². The van der Waals surface area contributed by atoms with Gasteiger partial charge in [0.1, 0.15) is 6.29 Å². The second kappa shape index (κ2) is 5.94. The normalized spacial score (nSPS) is 40.3. The Morgan fingerprint density at radius 1 is 1.43 bits per heavy atom. The van der Waals surface area contributed by atoms with E-state index in [0.29, 0.717) is 12.3 Å². The zero-order valence-corrected chi connectivity index (χ0v) is 14.4. The van der Waals surface area contributed by atoms with E-state index in [1.165, 1.54) is 5.56 Å². The molecule has 3 heteroatoms. The first kappa shape index (κ1) is 16.5. The van der Waals surface area contributed by atoms with E-state index >= 15 is 0 Å². The van der Waals surface area contributed by atoms with Crippen LogP contribution >= 0.6 is 0 Å². The SMILES string of the molecule is CC1C(O)CC2(C)C(C=O)=CCCC2C1(C)CCc1ccoc1. The predicted molar refractivity (Wildman–Crippen MR) is 89.9 cm³/mol. The molecule has 126 valence electrons. The quantitative estimate of drug-likeness (QED) is 0.849. The number of hydrogen-bond donors (Lipinski definition) is 1. The van der Waals surface area contributed by atoms with Gasteiger partial charge in [0.05, 0.1) is 18.6 Å². The van der Waals surface area contributed by atoms with Crippen LogP contribution in [-0.2, 0) is 11.2 Å². The van der Waals surface area contributed by atoms with Gasteiger partial charge < -0.3 is 9.52 Å². The Hall–Kier alpha value is -1.35. The predicted octanol–water partition coefficient (Wildman–Crippen LogP) is 4.16. The molecular formula is C20H28O3. The number of carbonyl (C=O) groups excluding carboxylic acids is 1. The van der Waals surface area contributed by atoms with Crippen LogP contribution in [0.15, 0.2) is 34.7 Å². The summed E-state index contributed by atoms with van der Waals surface area (Å²) in [6.45, 7) is 6.68. The topological polar surface area (TPSA) is 50.4 Å². The minimum absolute atomic E-state index is 0.0200. The summed E-state index contributed by atoms with van der Waals surface area (Å²) in [4.78, 5) is 11.6. The van der Waals surface area contributed by atoms with E-state index in [1.54, 1.807) is 6.26 Å². The fourth-order valence-electron chi connectivity index (χ4n) is 5.28. The highest BCUT2D eigenvalue weighted by molar-refractivity contribution is 5.76. The Balaban J connectivity index is 1.93. The van der Waals surface area contributed by atoms with Crippen LogP contribution in [0.1, 0.15) is 52.0 Å². The number of furan rings is 1. The summed E-state index contributed by atoms with van der Waals surface area (Å²) in [5, 5.41) is 10.7. The second-order valence-corrected chi connectivity index (χ2v) is 8.02. The molecule has 3 nitrogen and oxygen atoms in total. The Labute approximate surface area is 138 Å². The molecule has 2 aliphatic rings. The molecular weight excluding hydrogens is 288 g/mol. The highest BCUT2D eigenvalue weighted by atomic mass is 16.3. The zero-order chi connectivity index (χ0) is 16.7. The van der Waals surface area contributed by atoms with E-state index in [1.807, 2.05) is 12.3 Å². The Morgan fingerprint density at radius 3 is 2.87 bits per heavy atom. The van der Waals surface area contributed by atoms with Crippen molar-refractivity contribution in [3.8, 4) is 0 Å². The maximum Gasteiger partial charge on any atom is 0.146 e. The molecule has 1 aromatic heterocycles. The van der Waals surface area contributed by atoms with Crippen molar-refractivity contribution in [3.63, 3.8) is 0 Å². The average Bonchev–Trinajstić information content (AvgIpc) is 3.04. The van der Waals surface area contributed by atoms with Crippen LogP contribution in [0.5, 0.6) is 0 Å². The fraction of sp³-hybridized carbons (Fsp3) is 0.650. The lowest BCUT2D eigenvalue weighted by atomic mass is 9.46. The molecule has 0 radical (unpaired) electrons. The summed E-state index contributed by atoms with van der Waals surface area (Å²) in [7, 11) is 0. The van der Waals surface area contributed by atoms with Crippen molar-refractivity contribution in [1.29, 1.82) is 0 Å². The number of aliphatic hydroxyl groups is 1. The molecule has 2 aliphatic carbocycles. The molecule has 1 N–H and O–H groups in total. The molecule has 5 atom stereocenters. The first-order valence-corrected chi connectivity index (χ1v) is 8.77. The van der Waals surface area contributed by atoms with E-state index in [-0.39, 0.29) is 22.9 Å². The van der Waals surface area contributed by atoms with Crippen molar-refractivity contribution in [2.24, 2.45) is 22.7 Å². The van der Waals surface area contributed by atoms with Gasteiger partial charge in [-0.05, 0) is 66.6 Å². The largest absolute Gasteiger partial charge is 0.472 e. The van der Waals surface area contributed by atoms with Gasteiger partial charge in [-0.1, -0.05) is 26.8 Å². The molecule has 0 saturated heterocycles. The van der Waals surface area contributed by atoms with Gasteiger partial charge in [-0.3, -0.25) is 4.79 Å². The number of fused-ring (bicyclic) bond motifs is 1. The maximum atomic E-state index is 11.6. The molecule has 3 rings (SSSR count). The summed E-state index contributed by atoms with van der Waals surface area (Å²) >= 11 is 0. The van der Waals surface area contributed by atoms with Crippen molar-refractivity contribution in [2.45, 2.75) is 59.0 Å². The number of aryl methyl sites for hydroxylation is 1. The number of carbonyl (C=O) groups is 1. The first-order chi connectivity index (χ1) is 10.9. The first-order valence-electron chi connectivity index (χ1n) is 8.77. The molecule has 0 amide bonds. The minimum Gasteiger partial charge on any atom is -0.472 e. The standard InChI is InChI=1S/C20H28O3/c1-14-17(22)11-20(3)16(12-21)5-4-6-18(20)19(14,2)9-7-15-8-10-23-13-15/h5,8,10,12-14,17-18,22H,4,6-7,9,11H2,1-3H3. The number of hydrogen-bond acceptors (Lipinski definition) is 3. The van der Waals surface area contributed by atoms with Crippen LogP contribution in [-0.4, -0.2) is 17.5 Å². The summed E-state index contributed by atoms with van der Waals surface area (Å²) in [6, 6.07) is 2.02. The van der Waals surface area contributed by atoms with Gasteiger partial charge >= 0.3 is 0 Å². The lowest BCUT2D eigenvalue weighted by Gasteiger charge is -2.59. The van der Waals surface area contributed by atoms with E-state index < -0.39 is 0 Å². The maximum absolute atomic E-state index is 11.6. The number of rotatable bonds is 4. The van der Waals surface area contributed by atoms with Gasteiger partial charge in [0.25, 0.3) is 0 Å². The molecule has 1 heterocycles. The molecule has 0 aromatic carbocycles. The molecule has 0 spiro atoms. The fourth-order valence-corrected chi connectivity index (χ4v) is 5.28. The van der Waals surface area contributed by atoms with Crippen molar-refractivity contribution < 1.29 is 14.3 Å². The molecule has 1 saturated carbocycles. The zero-order valence-electron chi connectivity index (χ0n) is 14.4. The third-order valence-electron chi connectivity index (χ3n) is 6.95. The molecule has 1 fully saturated rings. The van der Waals surface area contributed by atoms with E-state index in [4.69, 9.17) is 4.42 Å². The van der Waals surface area contributed by atoms with Crippen LogP contribution < -0.4 is 0 Å².